The van der Waals surface area contributed by atoms with E-state index in [9.17, 15) is 9.90 Å². The number of ether oxygens (including phenoxy) is 1. The van der Waals surface area contributed by atoms with Crippen LogP contribution in [0.25, 0.3) is 0 Å². The highest BCUT2D eigenvalue weighted by Gasteiger charge is 2.26. The summed E-state index contributed by atoms with van der Waals surface area (Å²) in [5.41, 5.74) is 1.39. The summed E-state index contributed by atoms with van der Waals surface area (Å²) in [6.07, 6.45) is 0. The largest absolute Gasteiger partial charge is 0.507 e. The number of azo groups is 1. The van der Waals surface area contributed by atoms with Gasteiger partial charge >= 0.3 is 5.91 Å². The Morgan fingerprint density at radius 1 is 1.00 bits per heavy atom. The molecule has 0 aliphatic rings. The van der Waals surface area contributed by atoms with E-state index in [0.29, 0.717) is 21.5 Å². The second kappa shape index (κ2) is 8.72. The maximum Gasteiger partial charge on any atom is 0.302 e. The Balaban J connectivity index is 2.23. The zero-order valence-corrected chi connectivity index (χ0v) is 19.0. The molecule has 0 atom stereocenters. The van der Waals surface area contributed by atoms with Crippen LogP contribution in [0.15, 0.2) is 40.6 Å². The van der Waals surface area contributed by atoms with Gasteiger partial charge in [0.1, 0.15) is 11.5 Å². The Bertz CT molecular complexity index is 907. The van der Waals surface area contributed by atoms with Gasteiger partial charge in [0.15, 0.2) is 6.61 Å². The smallest absolute Gasteiger partial charge is 0.302 e. The molecule has 0 bridgehead atoms. The molecule has 156 valence electrons. The zero-order chi connectivity index (χ0) is 22.0. The van der Waals surface area contributed by atoms with Crippen LogP contribution < -0.4 is 4.74 Å². The summed E-state index contributed by atoms with van der Waals surface area (Å²) in [6, 6.07) is 8.23. The number of carbonyl (C=O) groups excluding carboxylic acids is 1. The number of benzene rings is 2. The van der Waals surface area contributed by atoms with Crippen LogP contribution in [-0.2, 0) is 15.6 Å². The highest BCUT2D eigenvalue weighted by molar-refractivity contribution is 6.35. The number of aromatic hydroxyl groups is 1. The number of hydrogen-bond acceptors (Lipinski definition) is 4. The predicted octanol–water partition coefficient (Wildman–Crippen LogP) is 6.98. The molecular weight excluding hydrogens is 411 g/mol. The minimum Gasteiger partial charge on any atom is -0.507 e. The first-order valence-electron chi connectivity index (χ1n) is 9.19. The van der Waals surface area contributed by atoms with Gasteiger partial charge in [-0.05, 0) is 41.2 Å². The number of phenolic OH excluding ortho intramolecular Hbond substituents is 1. The molecule has 0 aliphatic carbocycles. The second-order valence-electron chi connectivity index (χ2n) is 8.85. The fourth-order valence-corrected chi connectivity index (χ4v) is 3.16. The average Bonchev–Trinajstić information content (AvgIpc) is 2.58. The predicted molar refractivity (Wildman–Crippen MR) is 117 cm³/mol. The normalized spacial score (nSPS) is 12.4. The molecule has 0 aromatic heterocycles. The van der Waals surface area contributed by atoms with Crippen molar-refractivity contribution in [3.63, 3.8) is 0 Å². The fourth-order valence-electron chi connectivity index (χ4n) is 2.69. The number of carbonyl (C=O) groups is 1. The van der Waals surface area contributed by atoms with Crippen LogP contribution in [-0.4, -0.2) is 17.6 Å². The molecular formula is C22H26Cl2N2O3. The Hall–Kier alpha value is -2.11. The molecule has 0 heterocycles. The Kier molecular flexibility index (Phi) is 6.97. The van der Waals surface area contributed by atoms with Gasteiger partial charge in [-0.1, -0.05) is 64.7 Å². The van der Waals surface area contributed by atoms with E-state index >= 15 is 0 Å². The number of hydrogen-bond donors (Lipinski definition) is 1. The Morgan fingerprint density at radius 3 is 2.03 bits per heavy atom. The third-order valence-electron chi connectivity index (χ3n) is 4.23. The van der Waals surface area contributed by atoms with Crippen molar-refractivity contribution in [2.75, 3.05) is 6.61 Å². The van der Waals surface area contributed by atoms with Crippen molar-refractivity contribution in [3.8, 4) is 11.5 Å². The summed E-state index contributed by atoms with van der Waals surface area (Å²) in [6.45, 7) is 11.7. The molecule has 0 radical (unpaired) electrons. The van der Waals surface area contributed by atoms with Crippen molar-refractivity contribution < 1.29 is 14.6 Å². The summed E-state index contributed by atoms with van der Waals surface area (Å²) in [4.78, 5) is 12.1. The Labute approximate surface area is 181 Å². The van der Waals surface area contributed by atoms with E-state index in [1.165, 1.54) is 6.07 Å². The van der Waals surface area contributed by atoms with Crippen molar-refractivity contribution in [2.24, 2.45) is 10.2 Å². The molecule has 7 heteroatoms. The van der Waals surface area contributed by atoms with Crippen LogP contribution in [0.3, 0.4) is 0 Å². The number of halogens is 2. The van der Waals surface area contributed by atoms with Gasteiger partial charge in [0, 0.05) is 16.1 Å². The third kappa shape index (κ3) is 6.18. The van der Waals surface area contributed by atoms with E-state index in [0.717, 1.165) is 11.1 Å². The van der Waals surface area contributed by atoms with Gasteiger partial charge in [-0.3, -0.25) is 4.79 Å². The van der Waals surface area contributed by atoms with Gasteiger partial charge in [0.2, 0.25) is 0 Å². The second-order valence-corrected chi connectivity index (χ2v) is 9.69. The molecule has 0 aliphatic heterocycles. The highest BCUT2D eigenvalue weighted by Crippen LogP contribution is 2.41. The first-order chi connectivity index (χ1) is 13.3. The van der Waals surface area contributed by atoms with Crippen LogP contribution in [0, 0.1) is 0 Å². The average molecular weight is 437 g/mol. The molecule has 5 nitrogen and oxygen atoms in total. The molecule has 2 aromatic carbocycles. The lowest BCUT2D eigenvalue weighted by Gasteiger charge is -2.27. The zero-order valence-electron chi connectivity index (χ0n) is 17.5. The number of phenols is 1. The molecule has 0 fully saturated rings. The lowest BCUT2D eigenvalue weighted by molar-refractivity contribution is -0.120. The summed E-state index contributed by atoms with van der Waals surface area (Å²) < 4.78 is 5.38. The van der Waals surface area contributed by atoms with Crippen molar-refractivity contribution in [3.05, 3.63) is 51.5 Å². The SMILES string of the molecule is CC(C)(C)c1cc(N=NC(=O)COc2ccc(Cl)cc2Cl)cc(C(C)(C)C)c1O. The van der Waals surface area contributed by atoms with Gasteiger partial charge in [-0.25, -0.2) is 0 Å². The molecule has 2 rings (SSSR count). The summed E-state index contributed by atoms with van der Waals surface area (Å²) in [5.74, 6) is 0.0315. The summed E-state index contributed by atoms with van der Waals surface area (Å²) in [7, 11) is 0. The number of amides is 1. The van der Waals surface area contributed by atoms with E-state index in [-0.39, 0.29) is 23.2 Å². The maximum absolute atomic E-state index is 12.1. The molecule has 1 N–H and O–H groups in total. The standard InChI is InChI=1S/C22H26Cl2N2O3/c1-21(2,3)15-10-14(11-16(20(15)28)22(4,5)6)25-26-19(27)12-29-18-8-7-13(23)9-17(18)24/h7-11,28H,12H2,1-6H3. The van der Waals surface area contributed by atoms with Crippen molar-refractivity contribution in [1.29, 1.82) is 0 Å². The quantitative estimate of drug-likeness (QED) is 0.525. The van der Waals surface area contributed by atoms with Crippen LogP contribution in [0.2, 0.25) is 10.0 Å². The van der Waals surface area contributed by atoms with Crippen molar-refractivity contribution in [1.82, 2.24) is 0 Å². The molecule has 0 saturated carbocycles. The first-order valence-corrected chi connectivity index (χ1v) is 9.95. The van der Waals surface area contributed by atoms with Gasteiger partial charge in [-0.15, -0.1) is 10.2 Å². The topological polar surface area (TPSA) is 71.2 Å². The van der Waals surface area contributed by atoms with Gasteiger partial charge < -0.3 is 9.84 Å². The van der Waals surface area contributed by atoms with Crippen LogP contribution in [0.1, 0.15) is 52.7 Å². The molecule has 29 heavy (non-hydrogen) atoms. The molecule has 0 spiro atoms. The van der Waals surface area contributed by atoms with Crippen LogP contribution >= 0.6 is 23.2 Å². The van der Waals surface area contributed by atoms with Gasteiger partial charge in [0.05, 0.1) is 10.7 Å². The lowest BCUT2D eigenvalue weighted by atomic mass is 9.79. The molecule has 1 amide bonds. The van der Waals surface area contributed by atoms with E-state index in [4.69, 9.17) is 27.9 Å². The fraction of sp³-hybridized carbons (Fsp3) is 0.409. The third-order valence-corrected chi connectivity index (χ3v) is 4.76. The maximum atomic E-state index is 12.1. The summed E-state index contributed by atoms with van der Waals surface area (Å²) >= 11 is 11.9. The monoisotopic (exact) mass is 436 g/mol. The highest BCUT2D eigenvalue weighted by atomic mass is 35.5. The molecule has 0 unspecified atom stereocenters. The van der Waals surface area contributed by atoms with E-state index in [2.05, 4.69) is 10.2 Å². The van der Waals surface area contributed by atoms with Gasteiger partial charge in [-0.2, -0.15) is 0 Å². The van der Waals surface area contributed by atoms with Crippen molar-refractivity contribution >= 4 is 34.8 Å². The van der Waals surface area contributed by atoms with E-state index in [1.807, 2.05) is 41.5 Å². The first kappa shape index (κ1) is 23.2. The molecule has 0 saturated heterocycles. The minimum atomic E-state index is -0.557. The number of rotatable bonds is 4. The number of nitrogens with zero attached hydrogens (tertiary/aromatic N) is 2. The Morgan fingerprint density at radius 2 is 1.55 bits per heavy atom. The van der Waals surface area contributed by atoms with Crippen LogP contribution in [0.5, 0.6) is 11.5 Å². The van der Waals surface area contributed by atoms with Crippen LogP contribution in [0.4, 0.5) is 5.69 Å². The van der Waals surface area contributed by atoms with Crippen molar-refractivity contribution in [2.45, 2.75) is 52.4 Å². The van der Waals surface area contributed by atoms with E-state index < -0.39 is 5.91 Å². The molecule has 2 aromatic rings. The van der Waals surface area contributed by atoms with E-state index in [1.54, 1.807) is 24.3 Å². The summed E-state index contributed by atoms with van der Waals surface area (Å²) in [5, 5.41) is 19.3. The van der Waals surface area contributed by atoms with Gasteiger partial charge in [0.25, 0.3) is 0 Å². The lowest BCUT2D eigenvalue weighted by Crippen LogP contribution is -2.17. The minimum absolute atomic E-state index is 0.246.